The van der Waals surface area contributed by atoms with Crippen LogP contribution in [0.1, 0.15) is 42.1 Å². The van der Waals surface area contributed by atoms with E-state index in [2.05, 4.69) is 23.7 Å². The second kappa shape index (κ2) is 6.21. The Bertz CT molecular complexity index is 659. The standard InChI is InChI=1S/C18H22N2OS/c1-12(2)11-20(15-9-10-15)18(21)16-13(3)19-17(22-16)14-7-5-4-6-8-14/h4-8,12,15H,9-11H2,1-3H3. The highest BCUT2D eigenvalue weighted by Gasteiger charge is 2.34. The number of nitrogens with zero attached hydrogens (tertiary/aromatic N) is 2. The van der Waals surface area contributed by atoms with Crippen molar-refractivity contribution >= 4 is 17.2 Å². The lowest BCUT2D eigenvalue weighted by Crippen LogP contribution is -2.36. The van der Waals surface area contributed by atoms with Crippen molar-refractivity contribution in [3.05, 3.63) is 40.9 Å². The Hall–Kier alpha value is -1.68. The highest BCUT2D eigenvalue weighted by atomic mass is 32.1. The summed E-state index contributed by atoms with van der Waals surface area (Å²) in [5, 5.41) is 0.932. The third-order valence-corrected chi connectivity index (χ3v) is 5.02. The molecule has 4 heteroatoms. The van der Waals surface area contributed by atoms with Crippen LogP contribution < -0.4 is 0 Å². The molecule has 0 saturated heterocycles. The van der Waals surface area contributed by atoms with Gasteiger partial charge in [-0.05, 0) is 25.7 Å². The quantitative estimate of drug-likeness (QED) is 0.820. The Morgan fingerprint density at radius 2 is 2.00 bits per heavy atom. The predicted octanol–water partition coefficient (Wildman–Crippen LogP) is 4.38. The summed E-state index contributed by atoms with van der Waals surface area (Å²) in [4.78, 5) is 20.4. The van der Waals surface area contributed by atoms with Crippen molar-refractivity contribution < 1.29 is 4.79 Å². The zero-order valence-electron chi connectivity index (χ0n) is 13.4. The largest absolute Gasteiger partial charge is 0.335 e. The van der Waals surface area contributed by atoms with E-state index < -0.39 is 0 Å². The summed E-state index contributed by atoms with van der Waals surface area (Å²) in [6.45, 7) is 7.10. The molecule has 0 bridgehead atoms. The van der Waals surface area contributed by atoms with Gasteiger partial charge in [0.25, 0.3) is 5.91 Å². The first-order valence-corrected chi connectivity index (χ1v) is 8.71. The summed E-state index contributed by atoms with van der Waals surface area (Å²) in [7, 11) is 0. The average Bonchev–Trinajstić information content (AvgIpc) is 3.27. The molecule has 0 atom stereocenters. The minimum absolute atomic E-state index is 0.161. The van der Waals surface area contributed by atoms with Crippen LogP contribution in [0.2, 0.25) is 0 Å². The number of benzene rings is 1. The second-order valence-electron chi connectivity index (χ2n) is 6.38. The van der Waals surface area contributed by atoms with Crippen LogP contribution in [0.3, 0.4) is 0 Å². The first-order chi connectivity index (χ1) is 10.6. The molecule has 1 saturated carbocycles. The number of carbonyl (C=O) groups excluding carboxylic acids is 1. The van der Waals surface area contributed by atoms with E-state index in [1.54, 1.807) is 0 Å². The van der Waals surface area contributed by atoms with Gasteiger partial charge in [0.2, 0.25) is 0 Å². The molecule has 1 aliphatic carbocycles. The molecule has 1 aliphatic rings. The third-order valence-electron chi connectivity index (χ3n) is 3.82. The van der Waals surface area contributed by atoms with Crippen LogP contribution in [-0.2, 0) is 0 Å². The molecule has 116 valence electrons. The van der Waals surface area contributed by atoms with Crippen LogP contribution >= 0.6 is 11.3 Å². The van der Waals surface area contributed by atoms with Gasteiger partial charge in [0.1, 0.15) is 9.88 Å². The zero-order valence-corrected chi connectivity index (χ0v) is 14.2. The van der Waals surface area contributed by atoms with Crippen LogP contribution in [0.5, 0.6) is 0 Å². The maximum absolute atomic E-state index is 12.9. The molecule has 1 aromatic carbocycles. The molecule has 22 heavy (non-hydrogen) atoms. The summed E-state index contributed by atoms with van der Waals surface area (Å²) >= 11 is 1.52. The van der Waals surface area contributed by atoms with Gasteiger partial charge in [-0.15, -0.1) is 11.3 Å². The molecular formula is C18H22N2OS. The monoisotopic (exact) mass is 314 g/mol. The number of aromatic nitrogens is 1. The van der Waals surface area contributed by atoms with Crippen molar-refractivity contribution in [2.24, 2.45) is 5.92 Å². The van der Waals surface area contributed by atoms with E-state index in [4.69, 9.17) is 0 Å². The van der Waals surface area contributed by atoms with Crippen LogP contribution in [-0.4, -0.2) is 28.4 Å². The van der Waals surface area contributed by atoms with Gasteiger partial charge in [0.15, 0.2) is 0 Å². The molecule has 0 unspecified atom stereocenters. The average molecular weight is 314 g/mol. The first-order valence-electron chi connectivity index (χ1n) is 7.90. The first kappa shape index (κ1) is 15.2. The lowest BCUT2D eigenvalue weighted by Gasteiger charge is -2.24. The Morgan fingerprint density at radius 1 is 1.32 bits per heavy atom. The molecule has 0 N–H and O–H groups in total. The van der Waals surface area contributed by atoms with Gasteiger partial charge in [0.05, 0.1) is 5.69 Å². The molecule has 1 aromatic heterocycles. The Kier molecular flexibility index (Phi) is 4.30. The second-order valence-corrected chi connectivity index (χ2v) is 7.38. The minimum Gasteiger partial charge on any atom is -0.335 e. The molecule has 1 amide bonds. The molecular weight excluding hydrogens is 292 g/mol. The fourth-order valence-corrected chi connectivity index (χ4v) is 3.63. The van der Waals surface area contributed by atoms with E-state index in [1.165, 1.54) is 11.3 Å². The summed E-state index contributed by atoms with van der Waals surface area (Å²) in [6.07, 6.45) is 2.28. The number of hydrogen-bond donors (Lipinski definition) is 0. The van der Waals surface area contributed by atoms with Crippen molar-refractivity contribution in [3.8, 4) is 10.6 Å². The van der Waals surface area contributed by atoms with Gasteiger partial charge in [-0.1, -0.05) is 44.2 Å². The van der Waals surface area contributed by atoms with Crippen LogP contribution in [0.25, 0.3) is 10.6 Å². The molecule has 3 rings (SSSR count). The highest BCUT2D eigenvalue weighted by molar-refractivity contribution is 7.17. The number of rotatable bonds is 5. The number of hydrogen-bond acceptors (Lipinski definition) is 3. The molecule has 0 radical (unpaired) electrons. The van der Waals surface area contributed by atoms with Crippen molar-refractivity contribution in [2.45, 2.75) is 39.7 Å². The Balaban J connectivity index is 1.87. The van der Waals surface area contributed by atoms with E-state index in [0.717, 1.165) is 40.5 Å². The number of carbonyl (C=O) groups is 1. The summed E-state index contributed by atoms with van der Waals surface area (Å²) < 4.78 is 0. The normalized spacial score (nSPS) is 14.4. The predicted molar refractivity (Wildman–Crippen MR) is 91.2 cm³/mol. The maximum atomic E-state index is 12.9. The smallest absolute Gasteiger partial charge is 0.266 e. The number of thiazole rings is 1. The van der Waals surface area contributed by atoms with Crippen molar-refractivity contribution in [2.75, 3.05) is 6.54 Å². The van der Waals surface area contributed by atoms with Crippen LogP contribution in [0.15, 0.2) is 30.3 Å². The molecule has 1 heterocycles. The zero-order chi connectivity index (χ0) is 15.7. The maximum Gasteiger partial charge on any atom is 0.266 e. The number of aryl methyl sites for hydroxylation is 1. The van der Waals surface area contributed by atoms with Gasteiger partial charge in [-0.25, -0.2) is 4.98 Å². The third kappa shape index (κ3) is 3.22. The summed E-state index contributed by atoms with van der Waals surface area (Å²) in [5.41, 5.74) is 1.93. The van der Waals surface area contributed by atoms with E-state index >= 15 is 0 Å². The van der Waals surface area contributed by atoms with Crippen molar-refractivity contribution in [3.63, 3.8) is 0 Å². The van der Waals surface area contributed by atoms with E-state index in [-0.39, 0.29) is 5.91 Å². The van der Waals surface area contributed by atoms with Gasteiger partial charge < -0.3 is 4.90 Å². The Labute approximate surface area is 136 Å². The molecule has 0 aliphatic heterocycles. The van der Waals surface area contributed by atoms with E-state index in [9.17, 15) is 4.79 Å². The lowest BCUT2D eigenvalue weighted by molar-refractivity contribution is 0.0726. The minimum atomic E-state index is 0.161. The molecule has 3 nitrogen and oxygen atoms in total. The van der Waals surface area contributed by atoms with E-state index in [1.807, 2.05) is 37.3 Å². The Morgan fingerprint density at radius 3 is 2.59 bits per heavy atom. The number of amides is 1. The van der Waals surface area contributed by atoms with Crippen molar-refractivity contribution in [1.82, 2.24) is 9.88 Å². The topological polar surface area (TPSA) is 33.2 Å². The highest BCUT2D eigenvalue weighted by Crippen LogP contribution is 2.33. The summed E-state index contributed by atoms with van der Waals surface area (Å²) in [5.74, 6) is 0.653. The molecule has 1 fully saturated rings. The van der Waals surface area contributed by atoms with Gasteiger partial charge in [-0.2, -0.15) is 0 Å². The van der Waals surface area contributed by atoms with Crippen LogP contribution in [0.4, 0.5) is 0 Å². The van der Waals surface area contributed by atoms with Gasteiger partial charge in [-0.3, -0.25) is 4.79 Å². The lowest BCUT2D eigenvalue weighted by atomic mass is 10.2. The van der Waals surface area contributed by atoms with Crippen molar-refractivity contribution in [1.29, 1.82) is 0 Å². The van der Waals surface area contributed by atoms with E-state index in [0.29, 0.717) is 12.0 Å². The fraction of sp³-hybridized carbons (Fsp3) is 0.444. The fourth-order valence-electron chi connectivity index (χ4n) is 2.61. The summed E-state index contributed by atoms with van der Waals surface area (Å²) in [6, 6.07) is 10.5. The SMILES string of the molecule is Cc1nc(-c2ccccc2)sc1C(=O)N(CC(C)C)C1CC1. The molecule has 2 aromatic rings. The van der Waals surface area contributed by atoms with Crippen LogP contribution in [0, 0.1) is 12.8 Å². The van der Waals surface area contributed by atoms with Gasteiger partial charge >= 0.3 is 0 Å². The van der Waals surface area contributed by atoms with Gasteiger partial charge in [0, 0.05) is 18.2 Å². The molecule has 0 spiro atoms.